The van der Waals surface area contributed by atoms with Crippen molar-refractivity contribution < 1.29 is 13.5 Å². The molecule has 0 atom stereocenters. The zero-order valence-electron chi connectivity index (χ0n) is 10.0. The zero-order chi connectivity index (χ0) is 13.7. The van der Waals surface area contributed by atoms with Crippen LogP contribution in [0.15, 0.2) is 48.5 Å². The normalized spacial score (nSPS) is 10.2. The predicted octanol–water partition coefficient (Wildman–Crippen LogP) is 3.87. The van der Waals surface area contributed by atoms with Crippen LogP contribution in [-0.2, 0) is 0 Å². The van der Waals surface area contributed by atoms with Gasteiger partial charge >= 0.3 is 0 Å². The van der Waals surface area contributed by atoms with Crippen molar-refractivity contribution in [3.8, 4) is 22.9 Å². The van der Waals surface area contributed by atoms with E-state index in [4.69, 9.17) is 10.00 Å². The summed E-state index contributed by atoms with van der Waals surface area (Å²) in [4.78, 5) is 0. The Bertz CT molecular complexity index is 605. The average Bonchev–Trinajstić information content (AvgIpc) is 2.45. The molecule has 0 bridgehead atoms. The van der Waals surface area contributed by atoms with E-state index < -0.39 is 13.0 Å². The fourth-order valence-corrected chi connectivity index (χ4v) is 1.78. The first-order valence-electron chi connectivity index (χ1n) is 5.72. The molecule has 0 N–H and O–H groups in total. The molecule has 0 aliphatic rings. The van der Waals surface area contributed by atoms with Crippen LogP contribution in [0, 0.1) is 11.3 Å². The number of ether oxygens (including phenoxy) is 1. The van der Waals surface area contributed by atoms with E-state index in [1.54, 1.807) is 48.5 Å². The lowest BCUT2D eigenvalue weighted by Crippen LogP contribution is -2.07. The predicted molar refractivity (Wildman–Crippen MR) is 68.1 cm³/mol. The maximum absolute atomic E-state index is 12.2. The average molecular weight is 259 g/mol. The summed E-state index contributed by atoms with van der Waals surface area (Å²) in [7, 11) is 0. The Hall–Kier alpha value is -2.41. The second-order valence-electron chi connectivity index (χ2n) is 3.86. The largest absolute Gasteiger partial charge is 0.487 e. The van der Waals surface area contributed by atoms with Gasteiger partial charge in [-0.25, -0.2) is 8.78 Å². The van der Waals surface area contributed by atoms with Crippen LogP contribution in [0.2, 0.25) is 0 Å². The molecule has 0 amide bonds. The first-order valence-corrected chi connectivity index (χ1v) is 5.72. The van der Waals surface area contributed by atoms with E-state index in [1.807, 2.05) is 0 Å². The van der Waals surface area contributed by atoms with Crippen molar-refractivity contribution in [1.29, 1.82) is 5.26 Å². The third-order valence-electron chi connectivity index (χ3n) is 2.59. The molecule has 0 saturated carbocycles. The third-order valence-corrected chi connectivity index (χ3v) is 2.59. The van der Waals surface area contributed by atoms with Gasteiger partial charge in [-0.05, 0) is 12.1 Å². The molecule has 0 fully saturated rings. The van der Waals surface area contributed by atoms with Gasteiger partial charge in [0.25, 0.3) is 6.43 Å². The van der Waals surface area contributed by atoms with Crippen LogP contribution in [0.3, 0.4) is 0 Å². The first-order chi connectivity index (χ1) is 9.22. The van der Waals surface area contributed by atoms with Gasteiger partial charge in [-0.3, -0.25) is 0 Å². The molecule has 2 aromatic carbocycles. The minimum Gasteiger partial charge on any atom is -0.487 e. The van der Waals surface area contributed by atoms with Crippen LogP contribution in [0.1, 0.15) is 5.56 Å². The highest BCUT2D eigenvalue weighted by Crippen LogP contribution is 2.32. The van der Waals surface area contributed by atoms with Gasteiger partial charge in [-0.2, -0.15) is 5.26 Å². The number of para-hydroxylation sites is 1. The maximum Gasteiger partial charge on any atom is 0.272 e. The highest BCUT2D eigenvalue weighted by atomic mass is 19.3. The summed E-state index contributed by atoms with van der Waals surface area (Å²) in [6, 6.07) is 15.9. The zero-order valence-corrected chi connectivity index (χ0v) is 10.0. The second kappa shape index (κ2) is 5.96. The molecule has 2 rings (SSSR count). The number of benzene rings is 2. The molecular formula is C15H11F2NO. The quantitative estimate of drug-likeness (QED) is 0.835. The Morgan fingerprint density at radius 1 is 1.00 bits per heavy atom. The van der Waals surface area contributed by atoms with E-state index in [9.17, 15) is 8.78 Å². The number of rotatable bonds is 4. The van der Waals surface area contributed by atoms with Crippen molar-refractivity contribution in [1.82, 2.24) is 0 Å². The molecule has 0 aliphatic heterocycles. The monoisotopic (exact) mass is 259 g/mol. The van der Waals surface area contributed by atoms with Crippen molar-refractivity contribution in [2.45, 2.75) is 6.43 Å². The van der Waals surface area contributed by atoms with E-state index >= 15 is 0 Å². The van der Waals surface area contributed by atoms with Crippen molar-refractivity contribution in [3.63, 3.8) is 0 Å². The summed E-state index contributed by atoms with van der Waals surface area (Å²) in [5.74, 6) is 0.352. The Kier molecular flexibility index (Phi) is 4.09. The third kappa shape index (κ3) is 3.08. The molecule has 0 aliphatic carbocycles. The van der Waals surface area contributed by atoms with Crippen LogP contribution in [0.4, 0.5) is 8.78 Å². The summed E-state index contributed by atoms with van der Waals surface area (Å²) in [6.45, 7) is -0.661. The summed E-state index contributed by atoms with van der Waals surface area (Å²) in [6.07, 6.45) is -2.53. The number of alkyl halides is 2. The van der Waals surface area contributed by atoms with E-state index in [-0.39, 0.29) is 0 Å². The fourth-order valence-electron chi connectivity index (χ4n) is 1.78. The lowest BCUT2D eigenvalue weighted by molar-refractivity contribution is 0.0822. The number of nitrogens with zero attached hydrogens (tertiary/aromatic N) is 1. The molecule has 0 aromatic heterocycles. The van der Waals surface area contributed by atoms with Crippen LogP contribution < -0.4 is 4.74 Å². The van der Waals surface area contributed by atoms with Gasteiger partial charge in [0.15, 0.2) is 0 Å². The molecule has 0 unspecified atom stereocenters. The number of halogens is 2. The van der Waals surface area contributed by atoms with Gasteiger partial charge in [0, 0.05) is 11.1 Å². The SMILES string of the molecule is N#Cc1ccccc1-c1ccccc1OCC(F)F. The molecule has 4 heteroatoms. The summed E-state index contributed by atoms with van der Waals surface area (Å²) in [5.41, 5.74) is 1.80. The number of hydrogen-bond donors (Lipinski definition) is 0. The van der Waals surface area contributed by atoms with Crippen molar-refractivity contribution in [2.75, 3.05) is 6.61 Å². The fraction of sp³-hybridized carbons (Fsp3) is 0.133. The first kappa shape index (κ1) is 13.0. The van der Waals surface area contributed by atoms with Gasteiger partial charge in [0.05, 0.1) is 11.6 Å². The Morgan fingerprint density at radius 2 is 1.63 bits per heavy atom. The topological polar surface area (TPSA) is 33.0 Å². The van der Waals surface area contributed by atoms with Crippen molar-refractivity contribution in [3.05, 3.63) is 54.1 Å². The lowest BCUT2D eigenvalue weighted by atomic mass is 10.00. The molecule has 0 spiro atoms. The van der Waals surface area contributed by atoms with Crippen LogP contribution in [-0.4, -0.2) is 13.0 Å². The summed E-state index contributed by atoms with van der Waals surface area (Å²) >= 11 is 0. The van der Waals surface area contributed by atoms with Gasteiger partial charge in [-0.1, -0.05) is 36.4 Å². The van der Waals surface area contributed by atoms with Crippen LogP contribution in [0.25, 0.3) is 11.1 Å². The molecule has 19 heavy (non-hydrogen) atoms. The Morgan fingerprint density at radius 3 is 2.32 bits per heavy atom. The highest BCUT2D eigenvalue weighted by Gasteiger charge is 2.11. The highest BCUT2D eigenvalue weighted by molar-refractivity contribution is 5.75. The van der Waals surface area contributed by atoms with Crippen molar-refractivity contribution in [2.24, 2.45) is 0 Å². The van der Waals surface area contributed by atoms with E-state index in [0.717, 1.165) is 0 Å². The Balaban J connectivity index is 2.42. The molecule has 2 nitrogen and oxygen atoms in total. The molecule has 0 heterocycles. The van der Waals surface area contributed by atoms with E-state index in [2.05, 4.69) is 6.07 Å². The van der Waals surface area contributed by atoms with Gasteiger partial charge in [0.2, 0.25) is 0 Å². The minimum atomic E-state index is -2.53. The van der Waals surface area contributed by atoms with Crippen LogP contribution in [0.5, 0.6) is 5.75 Å². The number of nitriles is 1. The van der Waals surface area contributed by atoms with Gasteiger partial charge in [0.1, 0.15) is 12.4 Å². The molecule has 96 valence electrons. The molecule has 0 radical (unpaired) electrons. The summed E-state index contributed by atoms with van der Waals surface area (Å²) in [5, 5.41) is 9.08. The van der Waals surface area contributed by atoms with E-state index in [1.165, 1.54) is 0 Å². The lowest BCUT2D eigenvalue weighted by Gasteiger charge is -2.12. The second-order valence-corrected chi connectivity index (χ2v) is 3.86. The smallest absolute Gasteiger partial charge is 0.272 e. The van der Waals surface area contributed by atoms with Crippen molar-refractivity contribution >= 4 is 0 Å². The van der Waals surface area contributed by atoms with E-state index in [0.29, 0.717) is 22.4 Å². The van der Waals surface area contributed by atoms with Crippen LogP contribution >= 0.6 is 0 Å². The minimum absolute atomic E-state index is 0.352. The maximum atomic E-state index is 12.2. The van der Waals surface area contributed by atoms with Gasteiger partial charge < -0.3 is 4.74 Å². The standard InChI is InChI=1S/C15H11F2NO/c16-15(17)10-19-14-8-4-3-7-13(14)12-6-2-1-5-11(12)9-18/h1-8,15H,10H2. The molecule has 0 saturated heterocycles. The molecule has 2 aromatic rings. The number of hydrogen-bond acceptors (Lipinski definition) is 2. The Labute approximate surface area is 109 Å². The van der Waals surface area contributed by atoms with Gasteiger partial charge in [-0.15, -0.1) is 0 Å². The molecular weight excluding hydrogens is 248 g/mol. The summed E-state index contributed by atoms with van der Waals surface area (Å²) < 4.78 is 29.5.